The Bertz CT molecular complexity index is 1170. The zero-order valence-corrected chi connectivity index (χ0v) is 17.1. The number of ether oxygens (including phenoxy) is 1. The Balaban J connectivity index is 1.82. The van der Waals surface area contributed by atoms with Gasteiger partial charge in [-0.1, -0.05) is 18.2 Å². The van der Waals surface area contributed by atoms with Gasteiger partial charge in [0.25, 0.3) is 5.91 Å². The van der Waals surface area contributed by atoms with Crippen molar-refractivity contribution in [1.29, 1.82) is 0 Å². The van der Waals surface area contributed by atoms with Crippen LogP contribution in [0.5, 0.6) is 5.75 Å². The molecule has 5 nitrogen and oxygen atoms in total. The van der Waals surface area contributed by atoms with Crippen molar-refractivity contribution in [3.8, 4) is 16.9 Å². The van der Waals surface area contributed by atoms with Gasteiger partial charge in [-0.3, -0.25) is 10.1 Å². The molecule has 0 bridgehead atoms. The molecule has 3 amide bonds. The molecule has 0 fully saturated rings. The summed E-state index contributed by atoms with van der Waals surface area (Å²) in [6, 6.07) is 10.6. The monoisotopic (exact) mass is 464 g/mol. The lowest BCUT2D eigenvalue weighted by molar-refractivity contribution is -0.137. The van der Waals surface area contributed by atoms with Gasteiger partial charge in [0.1, 0.15) is 22.9 Å². The van der Waals surface area contributed by atoms with E-state index in [1.165, 1.54) is 30.3 Å². The van der Waals surface area contributed by atoms with Gasteiger partial charge >= 0.3 is 12.2 Å². The minimum absolute atomic E-state index is 0.133. The minimum atomic E-state index is -4.52. The fraction of sp³-hybridized carbons (Fsp3) is 0.130. The number of amides is 3. The van der Waals surface area contributed by atoms with E-state index in [1.54, 1.807) is 6.92 Å². The number of carbonyl (C=O) groups excluding carboxylic acids is 2. The molecule has 0 heterocycles. The third kappa shape index (κ3) is 5.65. The molecule has 3 rings (SSSR count). The Morgan fingerprint density at radius 3 is 2.24 bits per heavy atom. The lowest BCUT2D eigenvalue weighted by Crippen LogP contribution is -2.35. The van der Waals surface area contributed by atoms with E-state index >= 15 is 0 Å². The van der Waals surface area contributed by atoms with Crippen LogP contribution < -0.4 is 15.4 Å². The largest absolute Gasteiger partial charge is 0.493 e. The Morgan fingerprint density at radius 1 is 0.939 bits per heavy atom. The molecule has 3 aromatic carbocycles. The zero-order chi connectivity index (χ0) is 24.2. The molecule has 0 spiro atoms. The fourth-order valence-corrected chi connectivity index (χ4v) is 3.02. The molecule has 3 aromatic rings. The van der Waals surface area contributed by atoms with Gasteiger partial charge in [-0.25, -0.2) is 13.6 Å². The van der Waals surface area contributed by atoms with E-state index in [4.69, 9.17) is 4.74 Å². The summed E-state index contributed by atoms with van der Waals surface area (Å²) in [6.07, 6.45) is -4.52. The van der Waals surface area contributed by atoms with Crippen LogP contribution in [0.25, 0.3) is 11.1 Å². The molecule has 172 valence electrons. The van der Waals surface area contributed by atoms with Crippen molar-refractivity contribution in [2.75, 3.05) is 11.9 Å². The van der Waals surface area contributed by atoms with Crippen LogP contribution in [0.4, 0.5) is 32.4 Å². The summed E-state index contributed by atoms with van der Waals surface area (Å²) >= 11 is 0. The Hall–Kier alpha value is -3.95. The van der Waals surface area contributed by atoms with E-state index in [-0.39, 0.29) is 23.6 Å². The van der Waals surface area contributed by atoms with Crippen LogP contribution in [0, 0.1) is 11.6 Å². The second kappa shape index (κ2) is 9.68. The molecule has 33 heavy (non-hydrogen) atoms. The van der Waals surface area contributed by atoms with E-state index in [0.29, 0.717) is 5.56 Å². The molecule has 0 aromatic heterocycles. The van der Waals surface area contributed by atoms with Gasteiger partial charge in [0.2, 0.25) is 0 Å². The number of benzene rings is 3. The van der Waals surface area contributed by atoms with Gasteiger partial charge in [-0.2, -0.15) is 13.2 Å². The van der Waals surface area contributed by atoms with Gasteiger partial charge < -0.3 is 10.1 Å². The highest BCUT2D eigenvalue weighted by Crippen LogP contribution is 2.36. The number of anilines is 1. The molecule has 10 heteroatoms. The summed E-state index contributed by atoms with van der Waals surface area (Å²) < 4.78 is 72.1. The Morgan fingerprint density at radius 2 is 1.61 bits per heavy atom. The fourth-order valence-electron chi connectivity index (χ4n) is 3.02. The quantitative estimate of drug-likeness (QED) is 0.455. The van der Waals surface area contributed by atoms with Gasteiger partial charge in [0, 0.05) is 17.3 Å². The Kier molecular flexibility index (Phi) is 6.95. The summed E-state index contributed by atoms with van der Waals surface area (Å²) in [5, 5.41) is 4.13. The number of rotatable bonds is 5. The molecule has 0 radical (unpaired) electrons. The van der Waals surface area contributed by atoms with Gasteiger partial charge in [-0.15, -0.1) is 0 Å². The SMILES string of the molecule is CCOc1cc(NC(=O)NC(=O)c2c(F)cccc2F)ccc1-c1cccc(C(F)(F)F)c1. The van der Waals surface area contributed by atoms with E-state index in [9.17, 15) is 31.5 Å². The lowest BCUT2D eigenvalue weighted by Gasteiger charge is -2.15. The maximum atomic E-state index is 13.7. The van der Waals surface area contributed by atoms with Crippen LogP contribution >= 0.6 is 0 Å². The molecule has 0 aliphatic rings. The summed E-state index contributed by atoms with van der Waals surface area (Å²) in [6.45, 7) is 1.86. The zero-order valence-electron chi connectivity index (χ0n) is 17.1. The number of hydrogen-bond donors (Lipinski definition) is 2. The van der Waals surface area contributed by atoms with Crippen molar-refractivity contribution < 1.29 is 36.3 Å². The Labute approximate surface area is 185 Å². The van der Waals surface area contributed by atoms with Crippen molar-refractivity contribution >= 4 is 17.6 Å². The number of imide groups is 1. The van der Waals surface area contributed by atoms with Crippen molar-refractivity contribution in [3.05, 3.63) is 83.4 Å². The summed E-state index contributed by atoms with van der Waals surface area (Å²) in [5.74, 6) is -3.37. The summed E-state index contributed by atoms with van der Waals surface area (Å²) in [7, 11) is 0. The second-order valence-electron chi connectivity index (χ2n) is 6.73. The summed E-state index contributed by atoms with van der Waals surface area (Å²) in [4.78, 5) is 24.2. The van der Waals surface area contributed by atoms with Crippen LogP contribution in [0.1, 0.15) is 22.8 Å². The smallest absolute Gasteiger partial charge is 0.416 e. The maximum Gasteiger partial charge on any atom is 0.416 e. The van der Waals surface area contributed by atoms with Crippen LogP contribution in [-0.4, -0.2) is 18.5 Å². The van der Waals surface area contributed by atoms with E-state index in [2.05, 4.69) is 5.32 Å². The van der Waals surface area contributed by atoms with Gasteiger partial charge in [0.05, 0.1) is 12.2 Å². The van der Waals surface area contributed by atoms with Crippen molar-refractivity contribution in [2.45, 2.75) is 13.1 Å². The first-order valence-electron chi connectivity index (χ1n) is 9.61. The van der Waals surface area contributed by atoms with Crippen LogP contribution in [0.15, 0.2) is 60.7 Å². The number of alkyl halides is 3. The highest BCUT2D eigenvalue weighted by Gasteiger charge is 2.30. The topological polar surface area (TPSA) is 67.4 Å². The highest BCUT2D eigenvalue weighted by molar-refractivity contribution is 6.08. The molecule has 0 aliphatic carbocycles. The highest BCUT2D eigenvalue weighted by atomic mass is 19.4. The van der Waals surface area contributed by atoms with Gasteiger partial charge in [0.15, 0.2) is 0 Å². The third-order valence-corrected chi connectivity index (χ3v) is 4.46. The molecule has 2 N–H and O–H groups in total. The number of carbonyl (C=O) groups is 2. The molecule has 0 saturated carbocycles. The van der Waals surface area contributed by atoms with Crippen molar-refractivity contribution in [1.82, 2.24) is 5.32 Å². The number of hydrogen-bond acceptors (Lipinski definition) is 3. The molecular weight excluding hydrogens is 447 g/mol. The van der Waals surface area contributed by atoms with E-state index < -0.39 is 40.9 Å². The first-order chi connectivity index (χ1) is 15.6. The standard InChI is InChI=1S/C23H17F5N2O3/c1-2-33-19-12-15(9-10-16(19)13-5-3-6-14(11-13)23(26,27)28)29-22(32)30-21(31)20-17(24)7-4-8-18(20)25/h3-12H,2H2,1H3,(H2,29,30,31,32). The average Bonchev–Trinajstić information content (AvgIpc) is 2.73. The van der Waals surface area contributed by atoms with E-state index in [0.717, 1.165) is 30.3 Å². The number of urea groups is 1. The van der Waals surface area contributed by atoms with Crippen LogP contribution in [0.2, 0.25) is 0 Å². The first kappa shape index (κ1) is 23.7. The predicted molar refractivity (Wildman–Crippen MR) is 111 cm³/mol. The second-order valence-corrected chi connectivity index (χ2v) is 6.73. The summed E-state index contributed by atoms with van der Waals surface area (Å²) in [5.41, 5.74) is -1.02. The number of nitrogens with one attached hydrogen (secondary N) is 2. The predicted octanol–water partition coefficient (Wildman–Crippen LogP) is 6.01. The van der Waals surface area contributed by atoms with Crippen molar-refractivity contribution in [2.24, 2.45) is 0 Å². The number of halogens is 5. The maximum absolute atomic E-state index is 13.7. The molecule has 0 aliphatic heterocycles. The van der Waals surface area contributed by atoms with Gasteiger partial charge in [-0.05, 0) is 48.9 Å². The minimum Gasteiger partial charge on any atom is -0.493 e. The lowest BCUT2D eigenvalue weighted by atomic mass is 10.0. The first-order valence-corrected chi connectivity index (χ1v) is 9.61. The molecule has 0 unspecified atom stereocenters. The van der Waals surface area contributed by atoms with Crippen LogP contribution in [-0.2, 0) is 6.18 Å². The molecule has 0 atom stereocenters. The van der Waals surface area contributed by atoms with Crippen LogP contribution in [0.3, 0.4) is 0 Å². The third-order valence-electron chi connectivity index (χ3n) is 4.46. The molecular formula is C23H17F5N2O3. The average molecular weight is 464 g/mol. The van der Waals surface area contributed by atoms with Crippen molar-refractivity contribution in [3.63, 3.8) is 0 Å². The normalized spacial score (nSPS) is 11.1. The van der Waals surface area contributed by atoms with E-state index in [1.807, 2.05) is 5.32 Å². The molecule has 0 saturated heterocycles.